The molecule has 0 aliphatic carbocycles. The smallest absolute Gasteiger partial charge is 0.255 e. The minimum atomic E-state index is -4.04. The third-order valence-electron chi connectivity index (χ3n) is 4.50. The maximum atomic E-state index is 13.3. The molecule has 0 spiro atoms. The molecule has 12 heteroatoms. The van der Waals surface area contributed by atoms with Crippen molar-refractivity contribution in [3.63, 3.8) is 0 Å². The first-order chi connectivity index (χ1) is 16.1. The molecular weight excluding hydrogens is 608 g/mol. The Bertz CT molecular complexity index is 1320. The van der Waals surface area contributed by atoms with Crippen molar-refractivity contribution in [1.82, 2.24) is 9.73 Å². The van der Waals surface area contributed by atoms with E-state index >= 15 is 0 Å². The van der Waals surface area contributed by atoms with Crippen molar-refractivity contribution in [3.05, 3.63) is 96.4 Å². The Morgan fingerprint density at radius 2 is 1.59 bits per heavy atom. The second-order valence-corrected chi connectivity index (χ2v) is 11.4. The molecule has 1 N–H and O–H groups in total. The highest BCUT2D eigenvalue weighted by molar-refractivity contribution is 9.10. The normalized spacial score (nSPS) is 11.8. The van der Waals surface area contributed by atoms with Crippen molar-refractivity contribution >= 4 is 84.5 Å². The van der Waals surface area contributed by atoms with Crippen molar-refractivity contribution in [2.24, 2.45) is 5.10 Å². The quantitative estimate of drug-likeness (QED) is 0.233. The number of carbonyl (C=O) groups is 1. The second kappa shape index (κ2) is 11.9. The van der Waals surface area contributed by atoms with Gasteiger partial charge < -0.3 is 0 Å². The number of nitrogens with zero attached hydrogens (tertiary/aromatic N) is 2. The van der Waals surface area contributed by atoms with Gasteiger partial charge in [0.2, 0.25) is 10.0 Å². The minimum absolute atomic E-state index is 0.0231. The summed E-state index contributed by atoms with van der Waals surface area (Å²) in [6.45, 7) is -0.630. The summed E-state index contributed by atoms with van der Waals surface area (Å²) >= 11 is 27.5. The highest BCUT2D eigenvalue weighted by Crippen LogP contribution is 2.26. The number of benzene rings is 3. The largest absolute Gasteiger partial charge is 0.272 e. The lowest BCUT2D eigenvalue weighted by molar-refractivity contribution is -0.121. The van der Waals surface area contributed by atoms with Gasteiger partial charge in [0.25, 0.3) is 5.91 Å². The molecule has 0 aromatic heterocycles. The average molecular weight is 624 g/mol. The Hall–Kier alpha value is -1.65. The van der Waals surface area contributed by atoms with Crippen LogP contribution in [-0.4, -0.2) is 31.4 Å². The van der Waals surface area contributed by atoms with Gasteiger partial charge in [0.15, 0.2) is 0 Å². The summed E-state index contributed by atoms with van der Waals surface area (Å²) in [5.74, 6) is -0.667. The average Bonchev–Trinajstić information content (AvgIpc) is 2.78. The van der Waals surface area contributed by atoms with Gasteiger partial charge in [-0.05, 0) is 54.1 Å². The molecule has 178 valence electrons. The van der Waals surface area contributed by atoms with Gasteiger partial charge in [-0.15, -0.1) is 0 Å². The molecule has 0 heterocycles. The predicted molar refractivity (Wildman–Crippen MR) is 140 cm³/mol. The third kappa shape index (κ3) is 6.95. The summed E-state index contributed by atoms with van der Waals surface area (Å²) in [5, 5.41) is 5.16. The van der Waals surface area contributed by atoms with Crippen molar-refractivity contribution in [2.45, 2.75) is 11.4 Å². The number of halogens is 5. The van der Waals surface area contributed by atoms with E-state index in [1.165, 1.54) is 18.3 Å². The lowest BCUT2D eigenvalue weighted by Gasteiger charge is -2.22. The second-order valence-electron chi connectivity index (χ2n) is 6.90. The maximum Gasteiger partial charge on any atom is 0.255 e. The van der Waals surface area contributed by atoms with E-state index in [0.29, 0.717) is 30.7 Å². The van der Waals surface area contributed by atoms with Crippen LogP contribution in [0.3, 0.4) is 0 Å². The van der Waals surface area contributed by atoms with Crippen LogP contribution >= 0.6 is 62.3 Å². The Balaban J connectivity index is 1.84. The Morgan fingerprint density at radius 1 is 0.941 bits per heavy atom. The molecule has 0 saturated carbocycles. The molecule has 6 nitrogen and oxygen atoms in total. The molecule has 0 fully saturated rings. The van der Waals surface area contributed by atoms with Gasteiger partial charge in [-0.3, -0.25) is 4.79 Å². The van der Waals surface area contributed by atoms with Gasteiger partial charge in [-0.25, -0.2) is 13.8 Å². The first-order valence-electron chi connectivity index (χ1n) is 9.53. The lowest BCUT2D eigenvalue weighted by atomic mass is 10.2. The Labute approximate surface area is 225 Å². The van der Waals surface area contributed by atoms with Crippen molar-refractivity contribution in [3.8, 4) is 0 Å². The van der Waals surface area contributed by atoms with E-state index in [9.17, 15) is 13.2 Å². The fraction of sp³-hybridized carbons (Fsp3) is 0.0909. The minimum Gasteiger partial charge on any atom is -0.272 e. The number of amides is 1. The number of nitrogens with one attached hydrogen (secondary N) is 1. The summed E-state index contributed by atoms with van der Waals surface area (Å²) in [7, 11) is -4.04. The monoisotopic (exact) mass is 621 g/mol. The van der Waals surface area contributed by atoms with E-state index in [1.54, 1.807) is 48.5 Å². The van der Waals surface area contributed by atoms with Crippen LogP contribution in [0.15, 0.2) is 75.1 Å². The summed E-state index contributed by atoms with van der Waals surface area (Å²) in [4.78, 5) is 12.6. The Kier molecular flexibility index (Phi) is 9.40. The van der Waals surface area contributed by atoms with Crippen molar-refractivity contribution in [2.75, 3.05) is 6.54 Å². The number of hydrazone groups is 1. The third-order valence-corrected chi connectivity index (χ3v) is 8.23. The fourth-order valence-corrected chi connectivity index (χ4v) is 5.29. The Morgan fingerprint density at radius 3 is 2.21 bits per heavy atom. The molecular formula is C22H16BrCl4N3O3S. The molecule has 1 amide bonds. The summed E-state index contributed by atoms with van der Waals surface area (Å²) < 4.78 is 28.4. The van der Waals surface area contributed by atoms with Crippen LogP contribution in [0.2, 0.25) is 20.1 Å². The zero-order chi connectivity index (χ0) is 24.9. The number of hydrogen-bond donors (Lipinski definition) is 1. The van der Waals surface area contributed by atoms with Gasteiger partial charge >= 0.3 is 0 Å². The van der Waals surface area contributed by atoms with E-state index in [2.05, 4.69) is 26.5 Å². The summed E-state index contributed by atoms with van der Waals surface area (Å²) in [5.41, 5.74) is 3.28. The zero-order valence-electron chi connectivity index (χ0n) is 17.2. The van der Waals surface area contributed by atoms with Gasteiger partial charge in [-0.2, -0.15) is 9.41 Å². The fourth-order valence-electron chi connectivity index (χ4n) is 2.82. The lowest BCUT2D eigenvalue weighted by Crippen LogP contribution is -2.39. The molecule has 0 bridgehead atoms. The molecule has 3 aromatic rings. The number of hydrogen-bond acceptors (Lipinski definition) is 4. The molecule has 3 rings (SSSR count). The van der Waals surface area contributed by atoms with Gasteiger partial charge in [0, 0.05) is 16.6 Å². The molecule has 0 radical (unpaired) electrons. The standard InChI is InChI=1S/C22H16BrCl4N3O3S/c23-15-5-7-16(8-6-15)34(32,33)30(12-14-4-9-20(26)21(27)10-14)13-22(31)29-28-11-17-18(24)2-1-3-19(17)25/h1-11H,12-13H2,(H,29,31)/b28-11+. The first kappa shape index (κ1) is 26.9. The summed E-state index contributed by atoms with van der Waals surface area (Å²) in [6.07, 6.45) is 1.29. The van der Waals surface area contributed by atoms with Crippen LogP contribution in [-0.2, 0) is 21.4 Å². The van der Waals surface area contributed by atoms with Crippen LogP contribution in [0.25, 0.3) is 0 Å². The maximum absolute atomic E-state index is 13.3. The molecule has 34 heavy (non-hydrogen) atoms. The predicted octanol–water partition coefficient (Wildman–Crippen LogP) is 6.40. The van der Waals surface area contributed by atoms with E-state index < -0.39 is 22.5 Å². The number of rotatable bonds is 8. The highest BCUT2D eigenvalue weighted by Gasteiger charge is 2.27. The van der Waals surface area contributed by atoms with Crippen molar-refractivity contribution < 1.29 is 13.2 Å². The highest BCUT2D eigenvalue weighted by atomic mass is 79.9. The number of sulfonamides is 1. The topological polar surface area (TPSA) is 78.8 Å². The number of carbonyl (C=O) groups excluding carboxylic acids is 1. The van der Waals surface area contributed by atoms with Crippen LogP contribution in [0.5, 0.6) is 0 Å². The van der Waals surface area contributed by atoms with E-state index in [4.69, 9.17) is 46.4 Å². The van der Waals surface area contributed by atoms with Gasteiger partial charge in [-0.1, -0.05) is 74.5 Å². The van der Waals surface area contributed by atoms with Crippen LogP contribution < -0.4 is 5.43 Å². The summed E-state index contributed by atoms with van der Waals surface area (Å²) in [6, 6.07) is 15.7. The van der Waals surface area contributed by atoms with Gasteiger partial charge in [0.1, 0.15) is 0 Å². The van der Waals surface area contributed by atoms with Gasteiger partial charge in [0.05, 0.1) is 37.7 Å². The van der Waals surface area contributed by atoms with E-state index in [1.807, 2.05) is 0 Å². The van der Waals surface area contributed by atoms with Crippen molar-refractivity contribution in [1.29, 1.82) is 0 Å². The van der Waals surface area contributed by atoms with Crippen LogP contribution in [0, 0.1) is 0 Å². The molecule has 0 unspecified atom stereocenters. The van der Waals surface area contributed by atoms with E-state index in [0.717, 1.165) is 4.31 Å². The van der Waals surface area contributed by atoms with Crippen LogP contribution in [0.4, 0.5) is 0 Å². The van der Waals surface area contributed by atoms with E-state index in [-0.39, 0.29) is 16.5 Å². The molecule has 0 atom stereocenters. The zero-order valence-corrected chi connectivity index (χ0v) is 22.6. The SMILES string of the molecule is O=C(CN(Cc1ccc(Cl)c(Cl)c1)S(=O)(=O)c1ccc(Br)cc1)N/N=C/c1c(Cl)cccc1Cl. The molecule has 0 saturated heterocycles. The van der Waals surface area contributed by atoms with Crippen LogP contribution in [0.1, 0.15) is 11.1 Å². The first-order valence-corrected chi connectivity index (χ1v) is 13.3. The molecule has 0 aliphatic rings. The molecule has 0 aliphatic heterocycles. The molecule has 3 aromatic carbocycles.